The van der Waals surface area contributed by atoms with Gasteiger partial charge in [0.15, 0.2) is 0 Å². The Kier molecular flexibility index (Phi) is 5.84. The third-order valence-electron chi connectivity index (χ3n) is 4.69. The average molecular weight is 375 g/mol. The smallest absolute Gasteiger partial charge is 0.240 e. The van der Waals surface area contributed by atoms with Gasteiger partial charge in [-0.15, -0.1) is 0 Å². The summed E-state index contributed by atoms with van der Waals surface area (Å²) < 4.78 is 33.1. The Morgan fingerprint density at radius 3 is 2.46 bits per heavy atom. The summed E-state index contributed by atoms with van der Waals surface area (Å²) in [5.41, 5.74) is 2.44. The molecular weight excluding hydrogens is 348 g/mol. The van der Waals surface area contributed by atoms with Crippen molar-refractivity contribution in [1.82, 2.24) is 4.72 Å². The van der Waals surface area contributed by atoms with Gasteiger partial charge in [0.1, 0.15) is 5.75 Å². The highest BCUT2D eigenvalue weighted by atomic mass is 32.2. The van der Waals surface area contributed by atoms with Gasteiger partial charge in [-0.2, -0.15) is 0 Å². The van der Waals surface area contributed by atoms with Gasteiger partial charge in [-0.1, -0.05) is 17.7 Å². The molecule has 1 saturated heterocycles. The minimum absolute atomic E-state index is 0.273. The lowest BCUT2D eigenvalue weighted by molar-refractivity contribution is 0.340. The zero-order valence-corrected chi connectivity index (χ0v) is 16.1. The maximum Gasteiger partial charge on any atom is 0.240 e. The van der Waals surface area contributed by atoms with Crippen molar-refractivity contribution in [2.45, 2.75) is 25.2 Å². The molecule has 140 valence electrons. The second-order valence-corrected chi connectivity index (χ2v) is 8.46. The van der Waals surface area contributed by atoms with Crippen molar-refractivity contribution in [1.29, 1.82) is 0 Å². The van der Waals surface area contributed by atoms with Crippen molar-refractivity contribution < 1.29 is 13.2 Å². The van der Waals surface area contributed by atoms with Crippen LogP contribution in [0.15, 0.2) is 53.4 Å². The molecule has 1 aliphatic heterocycles. The molecule has 0 spiro atoms. The van der Waals surface area contributed by atoms with Crippen LogP contribution in [0, 0.1) is 12.8 Å². The van der Waals surface area contributed by atoms with E-state index in [1.165, 1.54) is 11.3 Å². The summed E-state index contributed by atoms with van der Waals surface area (Å²) in [5.74, 6) is 0.991. The highest BCUT2D eigenvalue weighted by Gasteiger charge is 2.24. The molecule has 1 fully saturated rings. The quantitative estimate of drug-likeness (QED) is 0.809. The molecule has 26 heavy (non-hydrogen) atoms. The summed E-state index contributed by atoms with van der Waals surface area (Å²) in [5, 5.41) is 0. The Bertz CT molecular complexity index is 817. The number of nitrogens with one attached hydrogen (secondary N) is 1. The Balaban J connectivity index is 1.55. The van der Waals surface area contributed by atoms with Crippen molar-refractivity contribution in [2.75, 3.05) is 31.1 Å². The van der Waals surface area contributed by atoms with Gasteiger partial charge < -0.3 is 9.64 Å². The van der Waals surface area contributed by atoms with Crippen LogP contribution in [0.25, 0.3) is 0 Å². The lowest BCUT2D eigenvalue weighted by Crippen LogP contribution is -2.31. The third-order valence-corrected chi connectivity index (χ3v) is 6.13. The van der Waals surface area contributed by atoms with Gasteiger partial charge in [-0.3, -0.25) is 0 Å². The van der Waals surface area contributed by atoms with E-state index in [9.17, 15) is 8.42 Å². The zero-order chi connectivity index (χ0) is 18.6. The lowest BCUT2D eigenvalue weighted by atomic mass is 10.1. The third kappa shape index (κ3) is 4.56. The average Bonchev–Trinajstić information content (AvgIpc) is 3.11. The molecule has 1 unspecified atom stereocenters. The van der Waals surface area contributed by atoms with Crippen molar-refractivity contribution in [3.63, 3.8) is 0 Å². The minimum atomic E-state index is -3.49. The molecular formula is C20H26N2O3S. The number of anilines is 1. The minimum Gasteiger partial charge on any atom is -0.494 e. The molecule has 6 heteroatoms. The molecule has 0 amide bonds. The molecule has 1 heterocycles. The Labute approximate surface area is 156 Å². The first-order chi connectivity index (χ1) is 12.5. The summed E-state index contributed by atoms with van der Waals surface area (Å²) in [6.45, 7) is 6.81. The first-order valence-corrected chi connectivity index (χ1v) is 10.5. The Hall–Kier alpha value is -2.05. The van der Waals surface area contributed by atoms with Crippen LogP contribution in [0.5, 0.6) is 5.75 Å². The monoisotopic (exact) mass is 374 g/mol. The zero-order valence-electron chi connectivity index (χ0n) is 15.3. The van der Waals surface area contributed by atoms with Gasteiger partial charge in [-0.05, 0) is 62.6 Å². The molecule has 1 aliphatic rings. The number of sulfonamides is 1. The fraction of sp³-hybridized carbons (Fsp3) is 0.400. The summed E-state index contributed by atoms with van der Waals surface area (Å²) in [6.07, 6.45) is 0.986. The van der Waals surface area contributed by atoms with Gasteiger partial charge >= 0.3 is 0 Å². The fourth-order valence-electron chi connectivity index (χ4n) is 3.18. The highest BCUT2D eigenvalue weighted by molar-refractivity contribution is 7.89. The second-order valence-electron chi connectivity index (χ2n) is 6.69. The fourth-order valence-corrected chi connectivity index (χ4v) is 4.30. The van der Waals surface area contributed by atoms with Gasteiger partial charge in [0.05, 0.1) is 11.5 Å². The highest BCUT2D eigenvalue weighted by Crippen LogP contribution is 2.24. The number of ether oxygens (including phenoxy) is 1. The van der Waals surface area contributed by atoms with Crippen molar-refractivity contribution in [2.24, 2.45) is 5.92 Å². The molecule has 2 aromatic carbocycles. The molecule has 5 nitrogen and oxygen atoms in total. The first kappa shape index (κ1) is 18.7. The van der Waals surface area contributed by atoms with E-state index in [1.54, 1.807) is 24.3 Å². The van der Waals surface area contributed by atoms with E-state index in [2.05, 4.69) is 40.8 Å². The molecule has 2 aromatic rings. The van der Waals surface area contributed by atoms with E-state index in [-0.39, 0.29) is 4.90 Å². The predicted octanol–water partition coefficient (Wildman–Crippen LogP) is 3.20. The molecule has 0 saturated carbocycles. The van der Waals surface area contributed by atoms with Gasteiger partial charge in [0, 0.05) is 25.3 Å². The number of rotatable bonds is 7. The predicted molar refractivity (Wildman–Crippen MR) is 104 cm³/mol. The topological polar surface area (TPSA) is 58.6 Å². The van der Waals surface area contributed by atoms with Gasteiger partial charge in [0.2, 0.25) is 10.0 Å². The summed E-state index contributed by atoms with van der Waals surface area (Å²) in [7, 11) is -3.49. The lowest BCUT2D eigenvalue weighted by Gasteiger charge is -2.19. The SMILES string of the molecule is CCOc1ccc(S(=O)(=O)NCC2CCN(c3ccc(C)cc3)C2)cc1. The van der Waals surface area contributed by atoms with Crippen LogP contribution in [0.1, 0.15) is 18.9 Å². The van der Waals surface area contributed by atoms with Crippen LogP contribution >= 0.6 is 0 Å². The first-order valence-electron chi connectivity index (χ1n) is 9.02. The second kappa shape index (κ2) is 8.10. The van der Waals surface area contributed by atoms with E-state index >= 15 is 0 Å². The maximum atomic E-state index is 12.5. The van der Waals surface area contributed by atoms with Gasteiger partial charge in [0.25, 0.3) is 0 Å². The molecule has 1 atom stereocenters. The number of benzene rings is 2. The van der Waals surface area contributed by atoms with Crippen LogP contribution in [-0.4, -0.2) is 34.7 Å². The molecule has 0 aromatic heterocycles. The largest absolute Gasteiger partial charge is 0.494 e. The van der Waals surface area contributed by atoms with Crippen LogP contribution in [0.2, 0.25) is 0 Å². The maximum absolute atomic E-state index is 12.5. The number of hydrogen-bond acceptors (Lipinski definition) is 4. The molecule has 3 rings (SSSR count). The summed E-state index contributed by atoms with van der Waals surface area (Å²) >= 11 is 0. The van der Waals surface area contributed by atoms with E-state index in [1.807, 2.05) is 6.92 Å². The summed E-state index contributed by atoms with van der Waals surface area (Å²) in [4.78, 5) is 2.59. The molecule has 0 aliphatic carbocycles. The van der Waals surface area contributed by atoms with Crippen molar-refractivity contribution in [3.8, 4) is 5.75 Å². The number of aryl methyl sites for hydroxylation is 1. The number of nitrogens with zero attached hydrogens (tertiary/aromatic N) is 1. The molecule has 1 N–H and O–H groups in total. The van der Waals surface area contributed by atoms with Gasteiger partial charge in [-0.25, -0.2) is 13.1 Å². The molecule has 0 bridgehead atoms. The van der Waals surface area contributed by atoms with Crippen LogP contribution in [0.4, 0.5) is 5.69 Å². The van der Waals surface area contributed by atoms with Crippen LogP contribution < -0.4 is 14.4 Å². The molecule has 0 radical (unpaired) electrons. The van der Waals surface area contributed by atoms with Crippen molar-refractivity contribution in [3.05, 3.63) is 54.1 Å². The summed E-state index contributed by atoms with van der Waals surface area (Å²) in [6, 6.07) is 15.0. The Morgan fingerprint density at radius 1 is 1.12 bits per heavy atom. The van der Waals surface area contributed by atoms with E-state index in [0.29, 0.717) is 24.8 Å². The number of hydrogen-bond donors (Lipinski definition) is 1. The van der Waals surface area contributed by atoms with Crippen LogP contribution in [-0.2, 0) is 10.0 Å². The van der Waals surface area contributed by atoms with Crippen molar-refractivity contribution >= 4 is 15.7 Å². The van der Waals surface area contributed by atoms with E-state index < -0.39 is 10.0 Å². The normalized spacial score (nSPS) is 17.5. The van der Waals surface area contributed by atoms with E-state index in [4.69, 9.17) is 4.74 Å². The Morgan fingerprint density at radius 2 is 1.81 bits per heavy atom. The van der Waals surface area contributed by atoms with E-state index in [0.717, 1.165) is 19.5 Å². The van der Waals surface area contributed by atoms with Crippen LogP contribution in [0.3, 0.4) is 0 Å². The standard InChI is InChI=1S/C20H26N2O3S/c1-3-25-19-8-10-20(11-9-19)26(23,24)21-14-17-12-13-22(15-17)18-6-4-16(2)5-7-18/h4-11,17,21H,3,12-15H2,1-2H3.